The molecule has 0 saturated carbocycles. The molecule has 6 nitrogen and oxygen atoms in total. The predicted octanol–water partition coefficient (Wildman–Crippen LogP) is 4.57. The van der Waals surface area contributed by atoms with Crippen molar-refractivity contribution in [2.75, 3.05) is 13.1 Å². The normalized spacial score (nSPS) is 25.0. The lowest BCUT2D eigenvalue weighted by Crippen LogP contribution is -2.59. The second kappa shape index (κ2) is 8.05. The van der Waals surface area contributed by atoms with E-state index in [1.54, 1.807) is 0 Å². The molecule has 2 heterocycles. The Morgan fingerprint density at radius 1 is 0.692 bits per heavy atom. The van der Waals surface area contributed by atoms with Crippen LogP contribution in [0.5, 0.6) is 0 Å². The van der Waals surface area contributed by atoms with Crippen LogP contribution in [-0.4, -0.2) is 58.4 Å². The Morgan fingerprint density at radius 3 is 1.35 bits per heavy atom. The second-order valence-corrected chi connectivity index (χ2v) is 9.47. The van der Waals surface area contributed by atoms with Gasteiger partial charge >= 0.3 is 12.2 Å². The first-order chi connectivity index (χ1) is 12.0. The first kappa shape index (κ1) is 20.8. The fourth-order valence-corrected chi connectivity index (χ4v) is 3.81. The van der Waals surface area contributed by atoms with Crippen LogP contribution in [0.15, 0.2) is 0 Å². The van der Waals surface area contributed by atoms with Gasteiger partial charge in [-0.05, 0) is 80.1 Å². The third kappa shape index (κ3) is 5.78. The molecule has 150 valence electrons. The highest BCUT2D eigenvalue weighted by atomic mass is 16.6. The van der Waals surface area contributed by atoms with Gasteiger partial charge in [-0.2, -0.15) is 0 Å². The van der Waals surface area contributed by atoms with Crippen molar-refractivity contribution in [1.82, 2.24) is 9.80 Å². The highest BCUT2D eigenvalue weighted by Gasteiger charge is 2.41. The van der Waals surface area contributed by atoms with Crippen LogP contribution in [0.3, 0.4) is 0 Å². The van der Waals surface area contributed by atoms with E-state index in [0.717, 1.165) is 38.5 Å². The molecule has 26 heavy (non-hydrogen) atoms. The Balaban J connectivity index is 2.17. The van der Waals surface area contributed by atoms with Gasteiger partial charge in [-0.25, -0.2) is 9.59 Å². The summed E-state index contributed by atoms with van der Waals surface area (Å²) in [7, 11) is 0. The summed E-state index contributed by atoms with van der Waals surface area (Å²) in [5, 5.41) is 0. The van der Waals surface area contributed by atoms with Gasteiger partial charge in [-0.3, -0.25) is 0 Å². The molecule has 2 rings (SSSR count). The van der Waals surface area contributed by atoms with E-state index >= 15 is 0 Å². The van der Waals surface area contributed by atoms with Gasteiger partial charge in [0.15, 0.2) is 0 Å². The van der Waals surface area contributed by atoms with Crippen LogP contribution in [0, 0.1) is 0 Å². The average molecular weight is 369 g/mol. The van der Waals surface area contributed by atoms with Gasteiger partial charge in [0.2, 0.25) is 0 Å². The zero-order valence-electron chi connectivity index (χ0n) is 17.3. The number of carbonyl (C=O) groups is 2. The van der Waals surface area contributed by atoms with E-state index in [4.69, 9.17) is 9.47 Å². The fraction of sp³-hybridized carbons (Fsp3) is 0.900. The second-order valence-electron chi connectivity index (χ2n) is 9.47. The number of amides is 2. The number of hydrogen-bond donors (Lipinski definition) is 0. The summed E-state index contributed by atoms with van der Waals surface area (Å²) >= 11 is 0. The van der Waals surface area contributed by atoms with Gasteiger partial charge in [0.05, 0.1) is 12.1 Å². The van der Waals surface area contributed by atoms with Crippen LogP contribution in [0.4, 0.5) is 9.59 Å². The van der Waals surface area contributed by atoms with Crippen molar-refractivity contribution in [3.63, 3.8) is 0 Å². The zero-order chi connectivity index (χ0) is 19.5. The van der Waals surface area contributed by atoms with Gasteiger partial charge < -0.3 is 19.3 Å². The first-order valence-electron chi connectivity index (χ1n) is 9.97. The number of hydrogen-bond acceptors (Lipinski definition) is 4. The quantitative estimate of drug-likeness (QED) is 0.680. The molecule has 2 saturated heterocycles. The minimum atomic E-state index is -0.517. The maximum Gasteiger partial charge on any atom is 0.410 e. The minimum absolute atomic E-state index is 0.00594. The van der Waals surface area contributed by atoms with Crippen molar-refractivity contribution in [2.24, 2.45) is 0 Å². The smallest absolute Gasteiger partial charge is 0.410 e. The topological polar surface area (TPSA) is 59.1 Å². The van der Waals surface area contributed by atoms with Crippen molar-refractivity contribution in [1.29, 1.82) is 0 Å². The standard InChI is InChI=1S/C20H36N2O4/c1-19(2,3)25-17(23)21-13-9-7-11-15(21)16-12-8-10-14-22(16)18(24)26-20(4,5)6/h15-16H,7-14H2,1-6H3. The van der Waals surface area contributed by atoms with E-state index in [9.17, 15) is 9.59 Å². The third-order valence-corrected chi connectivity index (χ3v) is 4.80. The van der Waals surface area contributed by atoms with Gasteiger partial charge in [-0.15, -0.1) is 0 Å². The minimum Gasteiger partial charge on any atom is -0.444 e. The number of nitrogens with zero attached hydrogens (tertiary/aromatic N) is 2. The van der Waals surface area contributed by atoms with Crippen LogP contribution in [0.25, 0.3) is 0 Å². The number of piperidine rings is 2. The molecular weight excluding hydrogens is 332 g/mol. The van der Waals surface area contributed by atoms with Crippen LogP contribution < -0.4 is 0 Å². The van der Waals surface area contributed by atoms with E-state index in [1.165, 1.54) is 0 Å². The van der Waals surface area contributed by atoms with E-state index in [2.05, 4.69) is 0 Å². The van der Waals surface area contributed by atoms with Gasteiger partial charge in [-0.1, -0.05) is 0 Å². The summed E-state index contributed by atoms with van der Waals surface area (Å²) < 4.78 is 11.3. The predicted molar refractivity (Wildman–Crippen MR) is 101 cm³/mol. The Kier molecular flexibility index (Phi) is 6.46. The van der Waals surface area contributed by atoms with Gasteiger partial charge in [0, 0.05) is 13.1 Å². The molecule has 2 aliphatic rings. The zero-order valence-corrected chi connectivity index (χ0v) is 17.3. The lowest BCUT2D eigenvalue weighted by molar-refractivity contribution is -0.0257. The molecule has 2 atom stereocenters. The van der Waals surface area contributed by atoms with E-state index in [1.807, 2.05) is 51.3 Å². The Morgan fingerprint density at radius 2 is 1.04 bits per heavy atom. The van der Waals surface area contributed by atoms with Crippen molar-refractivity contribution >= 4 is 12.2 Å². The molecule has 0 aromatic rings. The third-order valence-electron chi connectivity index (χ3n) is 4.80. The number of likely N-dealkylation sites (tertiary alicyclic amines) is 2. The molecule has 0 bridgehead atoms. The molecule has 0 aromatic carbocycles. The highest BCUT2D eigenvalue weighted by Crippen LogP contribution is 2.31. The Bertz CT molecular complexity index is 461. The van der Waals surface area contributed by atoms with Crippen LogP contribution in [-0.2, 0) is 9.47 Å². The first-order valence-corrected chi connectivity index (χ1v) is 9.97. The number of carbonyl (C=O) groups excluding carboxylic acids is 2. The highest BCUT2D eigenvalue weighted by molar-refractivity contribution is 5.70. The molecule has 2 fully saturated rings. The molecule has 0 radical (unpaired) electrons. The fourth-order valence-electron chi connectivity index (χ4n) is 3.81. The molecule has 2 amide bonds. The molecule has 0 aromatic heterocycles. The average Bonchev–Trinajstić information content (AvgIpc) is 2.51. The molecule has 0 spiro atoms. The van der Waals surface area contributed by atoms with Crippen molar-refractivity contribution in [2.45, 2.75) is 103 Å². The monoisotopic (exact) mass is 368 g/mol. The molecular formula is C20H36N2O4. The van der Waals surface area contributed by atoms with Gasteiger partial charge in [0.25, 0.3) is 0 Å². The van der Waals surface area contributed by atoms with Crippen LogP contribution >= 0.6 is 0 Å². The van der Waals surface area contributed by atoms with E-state index in [0.29, 0.717) is 13.1 Å². The maximum absolute atomic E-state index is 12.7. The summed E-state index contributed by atoms with van der Waals surface area (Å²) in [6, 6.07) is 0.0119. The molecule has 6 heteroatoms. The summed E-state index contributed by atoms with van der Waals surface area (Å²) in [5.74, 6) is 0. The SMILES string of the molecule is CC(C)(C)OC(=O)N1CCCCC1C1CCCCN1C(=O)OC(C)(C)C. The lowest BCUT2D eigenvalue weighted by Gasteiger charge is -2.46. The van der Waals surface area contributed by atoms with Crippen molar-refractivity contribution in [3.8, 4) is 0 Å². The molecule has 0 N–H and O–H groups in total. The molecule has 0 aliphatic carbocycles. The lowest BCUT2D eigenvalue weighted by atomic mass is 9.89. The molecule has 2 aliphatic heterocycles. The number of rotatable bonds is 1. The van der Waals surface area contributed by atoms with Gasteiger partial charge in [0.1, 0.15) is 11.2 Å². The number of ether oxygens (including phenoxy) is 2. The van der Waals surface area contributed by atoms with E-state index < -0.39 is 11.2 Å². The summed E-state index contributed by atoms with van der Waals surface area (Å²) in [4.78, 5) is 29.2. The van der Waals surface area contributed by atoms with E-state index in [-0.39, 0.29) is 24.3 Å². The Hall–Kier alpha value is -1.46. The summed E-state index contributed by atoms with van der Waals surface area (Å²) in [6.45, 7) is 12.7. The largest absolute Gasteiger partial charge is 0.444 e. The maximum atomic E-state index is 12.7. The Labute approximate surface area is 158 Å². The summed E-state index contributed by atoms with van der Waals surface area (Å²) in [5.41, 5.74) is -1.03. The summed E-state index contributed by atoms with van der Waals surface area (Å²) in [6.07, 6.45) is 5.38. The van der Waals surface area contributed by atoms with Crippen LogP contribution in [0.2, 0.25) is 0 Å². The van der Waals surface area contributed by atoms with Crippen molar-refractivity contribution in [3.05, 3.63) is 0 Å². The molecule has 2 unspecified atom stereocenters. The van der Waals surface area contributed by atoms with Crippen molar-refractivity contribution < 1.29 is 19.1 Å². The van der Waals surface area contributed by atoms with Crippen LogP contribution in [0.1, 0.15) is 80.1 Å².